The molecule has 20 heavy (non-hydrogen) atoms. The fourth-order valence-corrected chi connectivity index (χ4v) is 2.93. The van der Waals surface area contributed by atoms with Crippen molar-refractivity contribution in [2.45, 2.75) is 32.9 Å². The third kappa shape index (κ3) is 3.88. The molecule has 0 spiro atoms. The number of aryl methyl sites for hydroxylation is 2. The van der Waals surface area contributed by atoms with E-state index in [1.54, 1.807) is 18.4 Å². The highest BCUT2D eigenvalue weighted by atomic mass is 32.1. The minimum atomic E-state index is 0.0921. The number of ether oxygens (including phenoxy) is 1. The summed E-state index contributed by atoms with van der Waals surface area (Å²) in [5.41, 5.74) is 2.22. The van der Waals surface area contributed by atoms with Gasteiger partial charge in [0, 0.05) is 43.0 Å². The van der Waals surface area contributed by atoms with Gasteiger partial charge in [-0.3, -0.25) is 4.68 Å². The summed E-state index contributed by atoms with van der Waals surface area (Å²) >= 11 is 1.68. The molecule has 2 aromatic heterocycles. The Hall–Kier alpha value is -1.24. The van der Waals surface area contributed by atoms with E-state index in [-0.39, 0.29) is 6.04 Å². The molecule has 0 saturated heterocycles. The number of hydrogen-bond donors (Lipinski definition) is 1. The maximum atomic E-state index is 5.11. The highest BCUT2D eigenvalue weighted by Gasteiger charge is 2.18. The molecule has 2 aromatic rings. The molecule has 1 N–H and O–H groups in total. The lowest BCUT2D eigenvalue weighted by molar-refractivity contribution is 0.197. The van der Waals surface area contributed by atoms with Gasteiger partial charge in [0.1, 0.15) is 5.01 Å². The molecule has 0 aliphatic heterocycles. The van der Waals surface area contributed by atoms with Crippen LogP contribution in [-0.2, 0) is 11.3 Å². The molecule has 0 bridgehead atoms. The van der Waals surface area contributed by atoms with Gasteiger partial charge in [-0.05, 0) is 13.3 Å². The molecule has 0 amide bonds. The second kappa shape index (κ2) is 7.52. The maximum absolute atomic E-state index is 5.11. The number of thiazole rings is 1. The van der Waals surface area contributed by atoms with Gasteiger partial charge < -0.3 is 10.1 Å². The number of hydrogen-bond acceptors (Lipinski definition) is 5. The third-order valence-electron chi connectivity index (χ3n) is 2.98. The predicted molar refractivity (Wildman–Crippen MR) is 81.1 cm³/mol. The monoisotopic (exact) mass is 294 g/mol. The summed E-state index contributed by atoms with van der Waals surface area (Å²) in [5.74, 6) is 0. The lowest BCUT2D eigenvalue weighted by atomic mass is 10.1. The summed E-state index contributed by atoms with van der Waals surface area (Å²) in [7, 11) is 1.71. The molecule has 110 valence electrons. The zero-order valence-corrected chi connectivity index (χ0v) is 13.1. The highest BCUT2D eigenvalue weighted by Crippen LogP contribution is 2.24. The van der Waals surface area contributed by atoms with Crippen molar-refractivity contribution in [3.05, 3.63) is 34.0 Å². The highest BCUT2D eigenvalue weighted by molar-refractivity contribution is 7.09. The minimum absolute atomic E-state index is 0.0921. The lowest BCUT2D eigenvalue weighted by Gasteiger charge is -2.14. The lowest BCUT2D eigenvalue weighted by Crippen LogP contribution is -2.25. The number of nitrogens with one attached hydrogen (secondary N) is 1. The van der Waals surface area contributed by atoms with Crippen LogP contribution in [0.15, 0.2) is 17.8 Å². The van der Waals surface area contributed by atoms with Crippen molar-refractivity contribution in [1.82, 2.24) is 20.1 Å². The number of aromatic nitrogens is 3. The Morgan fingerprint density at radius 1 is 1.50 bits per heavy atom. The van der Waals surface area contributed by atoms with Crippen LogP contribution in [0.25, 0.3) is 0 Å². The minimum Gasteiger partial charge on any atom is -0.383 e. The van der Waals surface area contributed by atoms with E-state index in [9.17, 15) is 0 Å². The van der Waals surface area contributed by atoms with E-state index in [4.69, 9.17) is 4.74 Å². The molecule has 0 radical (unpaired) electrons. The number of methoxy groups -OCH3 is 1. The molecule has 0 fully saturated rings. The fourth-order valence-electron chi connectivity index (χ4n) is 2.04. The van der Waals surface area contributed by atoms with Crippen molar-refractivity contribution in [2.24, 2.45) is 0 Å². The first-order valence-electron chi connectivity index (χ1n) is 6.91. The van der Waals surface area contributed by atoms with Crippen LogP contribution in [0.4, 0.5) is 0 Å². The van der Waals surface area contributed by atoms with Gasteiger partial charge >= 0.3 is 0 Å². The van der Waals surface area contributed by atoms with E-state index in [0.717, 1.165) is 35.8 Å². The van der Waals surface area contributed by atoms with Gasteiger partial charge in [0.2, 0.25) is 0 Å². The maximum Gasteiger partial charge on any atom is 0.114 e. The molecule has 2 rings (SSSR count). The van der Waals surface area contributed by atoms with Crippen LogP contribution in [0.2, 0.25) is 0 Å². The van der Waals surface area contributed by atoms with Crippen LogP contribution in [-0.4, -0.2) is 35.0 Å². The van der Waals surface area contributed by atoms with Crippen LogP contribution >= 0.6 is 11.3 Å². The molecule has 1 unspecified atom stereocenters. The smallest absolute Gasteiger partial charge is 0.114 e. The van der Waals surface area contributed by atoms with Gasteiger partial charge in [0.05, 0.1) is 18.8 Å². The summed E-state index contributed by atoms with van der Waals surface area (Å²) in [4.78, 5) is 4.60. The second-order valence-electron chi connectivity index (χ2n) is 4.74. The topological polar surface area (TPSA) is 52.0 Å². The Balaban J connectivity index is 2.16. The molecular formula is C14H22N4OS. The predicted octanol–water partition coefficient (Wildman–Crippen LogP) is 2.38. The van der Waals surface area contributed by atoms with Gasteiger partial charge in [-0.15, -0.1) is 11.3 Å². The average molecular weight is 294 g/mol. The zero-order valence-electron chi connectivity index (χ0n) is 12.3. The van der Waals surface area contributed by atoms with E-state index in [0.29, 0.717) is 6.61 Å². The molecule has 2 heterocycles. The molecule has 0 aromatic carbocycles. The largest absolute Gasteiger partial charge is 0.383 e. The number of nitrogens with zero attached hydrogens (tertiary/aromatic N) is 3. The van der Waals surface area contributed by atoms with Gasteiger partial charge in [-0.1, -0.05) is 6.92 Å². The summed E-state index contributed by atoms with van der Waals surface area (Å²) in [6.45, 7) is 6.59. The summed E-state index contributed by atoms with van der Waals surface area (Å²) in [5, 5.41) is 11.1. The quantitative estimate of drug-likeness (QED) is 0.760. The standard InChI is InChI=1S/C14H22N4OS/c1-4-6-18-9-12(8-16-18)13(15-5-7-19-3)14-17-11(2)10-20-14/h8-10,13,15H,4-7H2,1-3H3. The average Bonchev–Trinajstić information content (AvgIpc) is 3.05. The van der Waals surface area contributed by atoms with Crippen LogP contribution in [0.1, 0.15) is 35.7 Å². The van der Waals surface area contributed by atoms with Gasteiger partial charge in [0.15, 0.2) is 0 Å². The van der Waals surface area contributed by atoms with Crippen molar-refractivity contribution < 1.29 is 4.74 Å². The molecule has 0 aliphatic rings. The first kappa shape index (κ1) is 15.2. The van der Waals surface area contributed by atoms with E-state index in [1.165, 1.54) is 0 Å². The Morgan fingerprint density at radius 3 is 3.00 bits per heavy atom. The van der Waals surface area contributed by atoms with Crippen molar-refractivity contribution in [3.63, 3.8) is 0 Å². The van der Waals surface area contributed by atoms with E-state index < -0.39 is 0 Å². The first-order valence-corrected chi connectivity index (χ1v) is 7.79. The Labute approximate surface area is 124 Å². The zero-order chi connectivity index (χ0) is 14.4. The third-order valence-corrected chi connectivity index (χ3v) is 4.01. The Bertz CT molecular complexity index is 523. The summed E-state index contributed by atoms with van der Waals surface area (Å²) < 4.78 is 7.10. The van der Waals surface area contributed by atoms with Crippen LogP contribution in [0.3, 0.4) is 0 Å². The van der Waals surface area contributed by atoms with Crippen molar-refractivity contribution in [2.75, 3.05) is 20.3 Å². The molecule has 1 atom stereocenters. The number of rotatable bonds is 8. The van der Waals surface area contributed by atoms with Crippen LogP contribution in [0, 0.1) is 6.92 Å². The SMILES string of the molecule is CCCn1cc(C(NCCOC)c2nc(C)cs2)cn1. The molecule has 5 nitrogen and oxygen atoms in total. The van der Waals surface area contributed by atoms with Crippen molar-refractivity contribution >= 4 is 11.3 Å². The second-order valence-corrected chi connectivity index (χ2v) is 5.63. The van der Waals surface area contributed by atoms with Gasteiger partial charge in [-0.2, -0.15) is 5.10 Å². The Morgan fingerprint density at radius 2 is 2.35 bits per heavy atom. The molecule has 0 aliphatic carbocycles. The Kier molecular flexibility index (Phi) is 5.70. The normalized spacial score (nSPS) is 12.8. The van der Waals surface area contributed by atoms with Crippen molar-refractivity contribution in [1.29, 1.82) is 0 Å². The summed E-state index contributed by atoms with van der Waals surface area (Å²) in [6.07, 6.45) is 5.11. The summed E-state index contributed by atoms with van der Waals surface area (Å²) in [6, 6.07) is 0.0921. The van der Waals surface area contributed by atoms with Gasteiger partial charge in [-0.25, -0.2) is 4.98 Å². The van der Waals surface area contributed by atoms with E-state index in [1.807, 2.05) is 17.8 Å². The molecular weight excluding hydrogens is 272 g/mol. The van der Waals surface area contributed by atoms with Gasteiger partial charge in [0.25, 0.3) is 0 Å². The molecule has 6 heteroatoms. The van der Waals surface area contributed by atoms with Crippen LogP contribution in [0.5, 0.6) is 0 Å². The van der Waals surface area contributed by atoms with E-state index >= 15 is 0 Å². The van der Waals surface area contributed by atoms with Crippen LogP contribution < -0.4 is 5.32 Å². The van der Waals surface area contributed by atoms with E-state index in [2.05, 4.69) is 33.9 Å². The fraction of sp³-hybridized carbons (Fsp3) is 0.571. The molecule has 0 saturated carbocycles. The first-order chi connectivity index (χ1) is 9.74. The van der Waals surface area contributed by atoms with Crippen molar-refractivity contribution in [3.8, 4) is 0 Å².